The molecule has 22 heavy (non-hydrogen) atoms. The van der Waals surface area contributed by atoms with Crippen LogP contribution in [0.3, 0.4) is 0 Å². The number of fused-ring (bicyclic) bond motifs is 1. The summed E-state index contributed by atoms with van der Waals surface area (Å²) in [6.45, 7) is 1.71. The fourth-order valence-electron chi connectivity index (χ4n) is 2.19. The molecule has 6 heteroatoms. The predicted molar refractivity (Wildman–Crippen MR) is 80.0 cm³/mol. The lowest BCUT2D eigenvalue weighted by Crippen LogP contribution is -2.16. The topological polar surface area (TPSA) is 77.5 Å². The molecule has 0 unspecified atom stereocenters. The number of ether oxygens (including phenoxy) is 2. The van der Waals surface area contributed by atoms with Gasteiger partial charge in [-0.05, 0) is 19.1 Å². The number of carbonyl (C=O) groups excluding carboxylic acids is 2. The highest BCUT2D eigenvalue weighted by Gasteiger charge is 2.32. The van der Waals surface area contributed by atoms with Crippen molar-refractivity contribution in [3.63, 3.8) is 0 Å². The van der Waals surface area contributed by atoms with E-state index >= 15 is 0 Å². The number of benzene rings is 1. The van der Waals surface area contributed by atoms with Crippen LogP contribution in [0.2, 0.25) is 0 Å². The molecule has 2 aromatic rings. The summed E-state index contributed by atoms with van der Waals surface area (Å²) >= 11 is 0. The van der Waals surface area contributed by atoms with Gasteiger partial charge >= 0.3 is 5.97 Å². The minimum absolute atomic E-state index is 0.0880. The fraction of sp³-hybridized carbons (Fsp3) is 0.188. The van der Waals surface area contributed by atoms with Crippen LogP contribution in [-0.2, 0) is 19.1 Å². The standard InChI is InChI=1S/C16H14N2O4/c1-2-21-16(20)14-13(19)9-22-15(14)18-11-7-10-5-3-4-6-12(10)17-8-11/h3-8,18H,2,9H2,1H3. The first-order valence-corrected chi connectivity index (χ1v) is 6.88. The van der Waals surface area contributed by atoms with Crippen LogP contribution in [0.25, 0.3) is 10.9 Å². The third kappa shape index (κ3) is 2.63. The number of pyridine rings is 1. The van der Waals surface area contributed by atoms with E-state index in [1.165, 1.54) is 0 Å². The highest BCUT2D eigenvalue weighted by molar-refractivity contribution is 6.19. The molecule has 1 aliphatic heterocycles. The maximum atomic E-state index is 11.8. The summed E-state index contributed by atoms with van der Waals surface area (Å²) in [5.41, 5.74) is 1.40. The molecule has 0 atom stereocenters. The Bertz CT molecular complexity index is 783. The maximum absolute atomic E-state index is 11.8. The lowest BCUT2D eigenvalue weighted by Gasteiger charge is -2.09. The van der Waals surface area contributed by atoms with Crippen molar-refractivity contribution >= 4 is 28.3 Å². The molecule has 0 spiro atoms. The predicted octanol–water partition coefficient (Wildman–Crippen LogP) is 2.02. The Balaban J connectivity index is 1.91. The Hall–Kier alpha value is -2.89. The minimum Gasteiger partial charge on any atom is -0.470 e. The summed E-state index contributed by atoms with van der Waals surface area (Å²) < 4.78 is 10.1. The van der Waals surface area contributed by atoms with Crippen molar-refractivity contribution in [3.05, 3.63) is 48.0 Å². The zero-order chi connectivity index (χ0) is 15.5. The quantitative estimate of drug-likeness (QED) is 0.687. The van der Waals surface area contributed by atoms with Crippen molar-refractivity contribution in [2.75, 3.05) is 18.5 Å². The molecular formula is C16H14N2O4. The van der Waals surface area contributed by atoms with Gasteiger partial charge in [0.2, 0.25) is 11.7 Å². The fourth-order valence-corrected chi connectivity index (χ4v) is 2.19. The highest BCUT2D eigenvalue weighted by Crippen LogP contribution is 2.22. The van der Waals surface area contributed by atoms with Crippen molar-refractivity contribution in [2.45, 2.75) is 6.92 Å². The van der Waals surface area contributed by atoms with E-state index in [9.17, 15) is 9.59 Å². The lowest BCUT2D eigenvalue weighted by molar-refractivity contribution is -0.139. The Kier molecular flexibility index (Phi) is 3.74. The zero-order valence-electron chi connectivity index (χ0n) is 12.0. The van der Waals surface area contributed by atoms with E-state index in [0.717, 1.165) is 10.9 Å². The molecule has 1 aromatic heterocycles. The van der Waals surface area contributed by atoms with Gasteiger partial charge < -0.3 is 14.8 Å². The molecule has 2 heterocycles. The van der Waals surface area contributed by atoms with Gasteiger partial charge in [-0.2, -0.15) is 0 Å². The number of rotatable bonds is 4. The number of Topliss-reactive ketones (excluding diaryl/α,β-unsaturated/α-hetero) is 1. The van der Waals surface area contributed by atoms with Crippen LogP contribution in [-0.4, -0.2) is 30.0 Å². The summed E-state index contributed by atoms with van der Waals surface area (Å²) in [6.07, 6.45) is 1.62. The Morgan fingerprint density at radius 3 is 3.05 bits per heavy atom. The molecule has 0 amide bonds. The Morgan fingerprint density at radius 1 is 1.41 bits per heavy atom. The van der Waals surface area contributed by atoms with Crippen molar-refractivity contribution in [3.8, 4) is 0 Å². The van der Waals surface area contributed by atoms with Gasteiger partial charge in [0.1, 0.15) is 0 Å². The van der Waals surface area contributed by atoms with Gasteiger partial charge in [0, 0.05) is 5.39 Å². The van der Waals surface area contributed by atoms with E-state index < -0.39 is 11.8 Å². The van der Waals surface area contributed by atoms with E-state index in [1.54, 1.807) is 13.1 Å². The molecule has 0 aliphatic carbocycles. The SMILES string of the molecule is CCOC(=O)C1=C(Nc2cnc3ccccc3c2)OCC1=O. The smallest absolute Gasteiger partial charge is 0.347 e. The number of anilines is 1. The van der Waals surface area contributed by atoms with Crippen LogP contribution < -0.4 is 5.32 Å². The summed E-state index contributed by atoms with van der Waals surface area (Å²) in [4.78, 5) is 27.9. The number of aromatic nitrogens is 1. The normalized spacial score (nSPS) is 14.1. The molecule has 1 aromatic carbocycles. The second-order valence-corrected chi connectivity index (χ2v) is 4.68. The number of carbonyl (C=O) groups is 2. The van der Waals surface area contributed by atoms with Gasteiger partial charge in [-0.1, -0.05) is 18.2 Å². The average Bonchev–Trinajstić information content (AvgIpc) is 2.88. The van der Waals surface area contributed by atoms with Crippen LogP contribution in [0, 0.1) is 0 Å². The first-order chi connectivity index (χ1) is 10.7. The molecule has 1 aliphatic rings. The summed E-state index contributed by atoms with van der Waals surface area (Å²) in [5.74, 6) is -0.962. The first-order valence-electron chi connectivity index (χ1n) is 6.88. The summed E-state index contributed by atoms with van der Waals surface area (Å²) in [5, 5.41) is 3.87. The zero-order valence-corrected chi connectivity index (χ0v) is 12.0. The van der Waals surface area contributed by atoms with Crippen molar-refractivity contribution in [1.29, 1.82) is 0 Å². The molecule has 112 valence electrons. The molecule has 1 N–H and O–H groups in total. The monoisotopic (exact) mass is 298 g/mol. The van der Waals surface area contributed by atoms with Crippen LogP contribution >= 0.6 is 0 Å². The van der Waals surface area contributed by atoms with Crippen LogP contribution in [0.4, 0.5) is 5.69 Å². The molecule has 3 rings (SSSR count). The van der Waals surface area contributed by atoms with Gasteiger partial charge in [-0.25, -0.2) is 4.79 Å². The summed E-state index contributed by atoms with van der Waals surface area (Å²) in [7, 11) is 0. The summed E-state index contributed by atoms with van der Waals surface area (Å²) in [6, 6.07) is 9.51. The van der Waals surface area contributed by atoms with E-state index in [4.69, 9.17) is 9.47 Å². The number of ketones is 1. The molecule has 0 radical (unpaired) electrons. The van der Waals surface area contributed by atoms with Gasteiger partial charge in [0.05, 0.1) is 24.0 Å². The minimum atomic E-state index is -0.679. The van der Waals surface area contributed by atoms with Crippen LogP contribution in [0.1, 0.15) is 6.92 Å². The molecule has 6 nitrogen and oxygen atoms in total. The molecule has 0 bridgehead atoms. The van der Waals surface area contributed by atoms with Crippen LogP contribution in [0.15, 0.2) is 48.0 Å². The van der Waals surface area contributed by atoms with Crippen molar-refractivity contribution in [2.24, 2.45) is 0 Å². The molecular weight excluding hydrogens is 284 g/mol. The van der Waals surface area contributed by atoms with Crippen molar-refractivity contribution in [1.82, 2.24) is 4.98 Å². The number of nitrogens with zero attached hydrogens (tertiary/aromatic N) is 1. The number of para-hydroxylation sites is 1. The lowest BCUT2D eigenvalue weighted by atomic mass is 10.2. The van der Waals surface area contributed by atoms with Gasteiger partial charge in [-0.3, -0.25) is 9.78 Å². The van der Waals surface area contributed by atoms with E-state index in [2.05, 4.69) is 10.3 Å². The molecule has 0 saturated carbocycles. The molecule has 0 saturated heterocycles. The largest absolute Gasteiger partial charge is 0.470 e. The third-order valence-corrected chi connectivity index (χ3v) is 3.18. The second kappa shape index (κ2) is 5.85. The third-order valence-electron chi connectivity index (χ3n) is 3.18. The van der Waals surface area contributed by atoms with Gasteiger partial charge in [0.15, 0.2) is 12.2 Å². The van der Waals surface area contributed by atoms with E-state index in [0.29, 0.717) is 5.69 Å². The van der Waals surface area contributed by atoms with Gasteiger partial charge in [0.25, 0.3) is 0 Å². The van der Waals surface area contributed by atoms with E-state index in [-0.39, 0.29) is 24.7 Å². The number of nitrogens with one attached hydrogen (secondary N) is 1. The van der Waals surface area contributed by atoms with E-state index in [1.807, 2.05) is 30.3 Å². The molecule has 0 fully saturated rings. The van der Waals surface area contributed by atoms with Crippen LogP contribution in [0.5, 0.6) is 0 Å². The second-order valence-electron chi connectivity index (χ2n) is 4.68. The average molecular weight is 298 g/mol. The number of esters is 1. The Morgan fingerprint density at radius 2 is 2.23 bits per heavy atom. The van der Waals surface area contributed by atoms with Crippen molar-refractivity contribution < 1.29 is 19.1 Å². The number of hydrogen-bond donors (Lipinski definition) is 1. The highest BCUT2D eigenvalue weighted by atomic mass is 16.5. The number of hydrogen-bond acceptors (Lipinski definition) is 6. The Labute approximate surface area is 126 Å². The van der Waals surface area contributed by atoms with Gasteiger partial charge in [-0.15, -0.1) is 0 Å². The first kappa shape index (κ1) is 14.1. The maximum Gasteiger partial charge on any atom is 0.347 e.